The Morgan fingerprint density at radius 2 is 2.38 bits per heavy atom. The summed E-state index contributed by atoms with van der Waals surface area (Å²) in [4.78, 5) is 10.9. The molecule has 3 N–H and O–H groups in total. The molecule has 13 heavy (non-hydrogen) atoms. The fourth-order valence-electron chi connectivity index (χ4n) is 0.713. The first-order chi connectivity index (χ1) is 6.16. The largest absolute Gasteiger partial charge is 0.393 e. The Morgan fingerprint density at radius 1 is 1.69 bits per heavy atom. The first-order valence-electron chi connectivity index (χ1n) is 4.19. The minimum Gasteiger partial charge on any atom is -0.393 e. The average Bonchev–Trinajstić information content (AvgIpc) is 2.08. The first kappa shape index (κ1) is 11.9. The van der Waals surface area contributed by atoms with Gasteiger partial charge in [0.25, 0.3) is 0 Å². The third kappa shape index (κ3) is 8.79. The molecule has 0 aliphatic rings. The van der Waals surface area contributed by atoms with Crippen molar-refractivity contribution in [3.63, 3.8) is 0 Å². The van der Waals surface area contributed by atoms with Crippen LogP contribution in [0.1, 0.15) is 13.3 Å². The van der Waals surface area contributed by atoms with Crippen molar-refractivity contribution in [2.45, 2.75) is 19.4 Å². The molecular weight excluding hydrogens is 170 g/mol. The van der Waals surface area contributed by atoms with Crippen LogP contribution in [0.2, 0.25) is 0 Å². The number of amides is 1. The van der Waals surface area contributed by atoms with Gasteiger partial charge in [0.2, 0.25) is 5.91 Å². The Kier molecular flexibility index (Phi) is 6.88. The van der Waals surface area contributed by atoms with Gasteiger partial charge < -0.3 is 15.7 Å². The summed E-state index contributed by atoms with van der Waals surface area (Å²) in [6.07, 6.45) is 0.264. The van der Waals surface area contributed by atoms with Gasteiger partial charge in [0.15, 0.2) is 0 Å². The van der Waals surface area contributed by atoms with Gasteiger partial charge in [-0.2, -0.15) is 5.26 Å². The normalized spacial score (nSPS) is 11.8. The van der Waals surface area contributed by atoms with Crippen LogP contribution in [-0.2, 0) is 4.79 Å². The van der Waals surface area contributed by atoms with Crippen molar-refractivity contribution >= 4 is 5.91 Å². The summed E-state index contributed by atoms with van der Waals surface area (Å²) in [6, 6.07) is 1.81. The van der Waals surface area contributed by atoms with E-state index in [1.165, 1.54) is 0 Å². The highest BCUT2D eigenvalue weighted by Crippen LogP contribution is 1.84. The maximum Gasteiger partial charge on any atom is 0.234 e. The maximum atomic E-state index is 10.9. The molecule has 0 aliphatic carbocycles. The quantitative estimate of drug-likeness (QED) is 0.365. The lowest BCUT2D eigenvalue weighted by molar-refractivity contribution is -0.120. The molecule has 1 atom stereocenters. The van der Waals surface area contributed by atoms with E-state index < -0.39 is 0 Å². The third-order valence-electron chi connectivity index (χ3n) is 1.39. The van der Waals surface area contributed by atoms with Gasteiger partial charge in [0, 0.05) is 0 Å². The highest BCUT2D eigenvalue weighted by molar-refractivity contribution is 5.78. The minimum atomic E-state index is -0.352. The van der Waals surface area contributed by atoms with Crippen molar-refractivity contribution < 1.29 is 9.90 Å². The summed E-state index contributed by atoms with van der Waals surface area (Å²) in [5.41, 5.74) is 0. The SMILES string of the molecule is CC(O)CCNCC(=O)NCC#N. The van der Waals surface area contributed by atoms with Crippen molar-refractivity contribution in [2.24, 2.45) is 0 Å². The van der Waals surface area contributed by atoms with Crippen LogP contribution in [0.25, 0.3) is 0 Å². The molecule has 0 radical (unpaired) electrons. The molecule has 0 aromatic rings. The molecule has 0 spiro atoms. The van der Waals surface area contributed by atoms with Crippen LogP contribution in [0, 0.1) is 11.3 Å². The van der Waals surface area contributed by atoms with Gasteiger partial charge in [-0.3, -0.25) is 4.79 Å². The predicted octanol–water partition coefficient (Wildman–Crippen LogP) is -1.01. The number of nitriles is 1. The van der Waals surface area contributed by atoms with Crippen LogP contribution >= 0.6 is 0 Å². The monoisotopic (exact) mass is 185 g/mol. The summed E-state index contributed by atoms with van der Waals surface area (Å²) in [5, 5.41) is 22.3. The second-order valence-electron chi connectivity index (χ2n) is 2.75. The molecule has 74 valence electrons. The number of hydrogen-bond acceptors (Lipinski definition) is 4. The molecule has 1 unspecified atom stereocenters. The number of nitrogens with zero attached hydrogens (tertiary/aromatic N) is 1. The van der Waals surface area contributed by atoms with Gasteiger partial charge in [0.05, 0.1) is 18.7 Å². The molecule has 0 heterocycles. The molecular formula is C8H15N3O2. The molecule has 0 bridgehead atoms. The van der Waals surface area contributed by atoms with E-state index in [9.17, 15) is 4.79 Å². The summed E-state index contributed by atoms with van der Waals surface area (Å²) in [7, 11) is 0. The summed E-state index contributed by atoms with van der Waals surface area (Å²) < 4.78 is 0. The van der Waals surface area contributed by atoms with E-state index >= 15 is 0 Å². The molecule has 0 rings (SSSR count). The van der Waals surface area contributed by atoms with E-state index in [0.717, 1.165) is 0 Å². The Hall–Kier alpha value is -1.12. The zero-order valence-corrected chi connectivity index (χ0v) is 7.71. The molecule has 5 heteroatoms. The highest BCUT2D eigenvalue weighted by Gasteiger charge is 1.99. The first-order valence-corrected chi connectivity index (χ1v) is 4.19. The Balaban J connectivity index is 3.23. The summed E-state index contributed by atoms with van der Waals surface area (Å²) in [5.74, 6) is -0.202. The molecule has 0 saturated heterocycles. The topological polar surface area (TPSA) is 85.2 Å². The number of carbonyl (C=O) groups is 1. The Morgan fingerprint density at radius 3 is 2.92 bits per heavy atom. The Labute approximate surface area is 77.7 Å². The summed E-state index contributed by atoms with van der Waals surface area (Å²) in [6.45, 7) is 2.51. The molecule has 0 aromatic heterocycles. The van der Waals surface area contributed by atoms with Gasteiger partial charge in [-0.05, 0) is 19.9 Å². The number of aliphatic hydroxyl groups excluding tert-OH is 1. The van der Waals surface area contributed by atoms with Crippen LogP contribution in [-0.4, -0.2) is 36.8 Å². The predicted molar refractivity (Wildman–Crippen MR) is 47.8 cm³/mol. The molecule has 0 saturated carbocycles. The average molecular weight is 185 g/mol. The van der Waals surface area contributed by atoms with Gasteiger partial charge in [0.1, 0.15) is 6.54 Å². The number of hydrogen-bond donors (Lipinski definition) is 3. The number of rotatable bonds is 6. The van der Waals surface area contributed by atoms with Gasteiger partial charge >= 0.3 is 0 Å². The van der Waals surface area contributed by atoms with Crippen molar-refractivity contribution in [3.8, 4) is 6.07 Å². The zero-order valence-electron chi connectivity index (χ0n) is 7.71. The fourth-order valence-corrected chi connectivity index (χ4v) is 0.713. The lowest BCUT2D eigenvalue weighted by atomic mass is 10.3. The van der Waals surface area contributed by atoms with E-state index in [2.05, 4.69) is 10.6 Å². The Bertz CT molecular complexity index is 186. The maximum absolute atomic E-state index is 10.9. The fraction of sp³-hybridized carbons (Fsp3) is 0.750. The van der Waals surface area contributed by atoms with E-state index in [1.54, 1.807) is 6.92 Å². The smallest absolute Gasteiger partial charge is 0.234 e. The molecule has 0 fully saturated rings. The van der Waals surface area contributed by atoms with E-state index in [4.69, 9.17) is 10.4 Å². The van der Waals surface area contributed by atoms with Crippen LogP contribution in [0.4, 0.5) is 0 Å². The number of carbonyl (C=O) groups excluding carboxylic acids is 1. The molecule has 0 aliphatic heterocycles. The zero-order chi connectivity index (χ0) is 10.1. The second kappa shape index (κ2) is 7.53. The van der Waals surface area contributed by atoms with Crippen molar-refractivity contribution in [1.82, 2.24) is 10.6 Å². The van der Waals surface area contributed by atoms with Gasteiger partial charge in [-0.15, -0.1) is 0 Å². The summed E-state index contributed by atoms with van der Waals surface area (Å²) >= 11 is 0. The number of nitrogens with one attached hydrogen (secondary N) is 2. The van der Waals surface area contributed by atoms with Gasteiger partial charge in [-0.25, -0.2) is 0 Å². The van der Waals surface area contributed by atoms with Crippen LogP contribution < -0.4 is 10.6 Å². The third-order valence-corrected chi connectivity index (χ3v) is 1.39. The lowest BCUT2D eigenvalue weighted by Gasteiger charge is -2.05. The molecule has 5 nitrogen and oxygen atoms in total. The highest BCUT2D eigenvalue weighted by atomic mass is 16.3. The molecule has 0 aromatic carbocycles. The van der Waals surface area contributed by atoms with E-state index in [1.807, 2.05) is 6.07 Å². The molecule has 1 amide bonds. The van der Waals surface area contributed by atoms with Crippen LogP contribution in [0.15, 0.2) is 0 Å². The minimum absolute atomic E-state index is 0.0386. The van der Waals surface area contributed by atoms with Crippen molar-refractivity contribution in [3.05, 3.63) is 0 Å². The van der Waals surface area contributed by atoms with Crippen molar-refractivity contribution in [2.75, 3.05) is 19.6 Å². The van der Waals surface area contributed by atoms with Crippen molar-refractivity contribution in [1.29, 1.82) is 5.26 Å². The second-order valence-corrected chi connectivity index (χ2v) is 2.75. The van der Waals surface area contributed by atoms with E-state index in [-0.39, 0.29) is 25.1 Å². The number of aliphatic hydroxyl groups is 1. The van der Waals surface area contributed by atoms with Crippen LogP contribution in [0.3, 0.4) is 0 Å². The standard InChI is InChI=1S/C8H15N3O2/c1-7(12)2-4-10-6-8(13)11-5-3-9/h7,10,12H,2,4-6H2,1H3,(H,11,13). The lowest BCUT2D eigenvalue weighted by Crippen LogP contribution is -2.34. The van der Waals surface area contributed by atoms with E-state index in [0.29, 0.717) is 13.0 Å². The van der Waals surface area contributed by atoms with Crippen LogP contribution in [0.5, 0.6) is 0 Å². The van der Waals surface area contributed by atoms with Gasteiger partial charge in [-0.1, -0.05) is 0 Å².